The van der Waals surface area contributed by atoms with E-state index in [-0.39, 0.29) is 11.3 Å². The molecule has 0 saturated heterocycles. The third kappa shape index (κ3) is 3.33. The number of carbonyl (C=O) groups is 1. The summed E-state index contributed by atoms with van der Waals surface area (Å²) in [6.45, 7) is 3.36. The summed E-state index contributed by atoms with van der Waals surface area (Å²) in [5, 5.41) is 12.2. The molecule has 0 heterocycles. The Labute approximate surface area is 130 Å². The topological polar surface area (TPSA) is 66.4 Å². The summed E-state index contributed by atoms with van der Waals surface area (Å²) in [4.78, 5) is 12.0. The maximum Gasteiger partial charge on any atom is 0.338 e. The Morgan fingerprint density at radius 3 is 2.36 bits per heavy atom. The first kappa shape index (κ1) is 16.2. The Hall–Kier alpha value is -2.21. The third-order valence-corrected chi connectivity index (χ3v) is 4.23. The Bertz CT molecular complexity index is 774. The summed E-state index contributed by atoms with van der Waals surface area (Å²) < 4.78 is 25.0. The van der Waals surface area contributed by atoms with Crippen molar-refractivity contribution in [3.05, 3.63) is 52.8 Å². The van der Waals surface area contributed by atoms with Crippen LogP contribution in [0.25, 0.3) is 0 Å². The molecule has 0 amide bonds. The van der Waals surface area contributed by atoms with Gasteiger partial charge in [0, 0.05) is 27.6 Å². The molecule has 0 bridgehead atoms. The SMILES string of the molecule is Cc1cc(S(C)=O)ccc1Nc1cc(F)cc(C)c1C(=O)O. The second-order valence-electron chi connectivity index (χ2n) is 5.01. The second kappa shape index (κ2) is 6.27. The van der Waals surface area contributed by atoms with Crippen molar-refractivity contribution in [2.75, 3.05) is 11.6 Å². The molecule has 0 spiro atoms. The third-order valence-electron chi connectivity index (χ3n) is 3.31. The van der Waals surface area contributed by atoms with E-state index in [1.807, 2.05) is 6.92 Å². The summed E-state index contributed by atoms with van der Waals surface area (Å²) in [6.07, 6.45) is 1.58. The van der Waals surface area contributed by atoms with E-state index in [0.29, 0.717) is 16.1 Å². The maximum absolute atomic E-state index is 13.6. The van der Waals surface area contributed by atoms with E-state index in [9.17, 15) is 18.5 Å². The van der Waals surface area contributed by atoms with Crippen molar-refractivity contribution in [3.8, 4) is 0 Å². The molecule has 0 radical (unpaired) electrons. The fraction of sp³-hybridized carbons (Fsp3) is 0.188. The molecule has 0 aliphatic rings. The molecule has 1 unspecified atom stereocenters. The first-order valence-corrected chi connectivity index (χ1v) is 8.10. The fourth-order valence-corrected chi connectivity index (χ4v) is 2.83. The number of anilines is 2. The van der Waals surface area contributed by atoms with Crippen molar-refractivity contribution < 1.29 is 18.5 Å². The highest BCUT2D eigenvalue weighted by Gasteiger charge is 2.16. The molecule has 0 aromatic heterocycles. The van der Waals surface area contributed by atoms with Crippen LogP contribution in [0.4, 0.5) is 15.8 Å². The largest absolute Gasteiger partial charge is 0.478 e. The number of nitrogens with one attached hydrogen (secondary N) is 1. The van der Waals surface area contributed by atoms with Crippen LogP contribution in [0, 0.1) is 19.7 Å². The van der Waals surface area contributed by atoms with Crippen molar-refractivity contribution in [1.82, 2.24) is 0 Å². The number of hydrogen-bond acceptors (Lipinski definition) is 3. The minimum absolute atomic E-state index is 0.0314. The molecule has 0 aliphatic heterocycles. The van der Waals surface area contributed by atoms with Gasteiger partial charge in [-0.05, 0) is 55.3 Å². The van der Waals surface area contributed by atoms with Gasteiger partial charge in [0.2, 0.25) is 0 Å². The van der Waals surface area contributed by atoms with E-state index in [0.717, 1.165) is 11.6 Å². The predicted octanol–water partition coefficient (Wildman–Crippen LogP) is 3.62. The molecule has 116 valence electrons. The van der Waals surface area contributed by atoms with E-state index in [4.69, 9.17) is 0 Å². The highest BCUT2D eigenvalue weighted by Crippen LogP contribution is 2.28. The average Bonchev–Trinajstić information content (AvgIpc) is 2.39. The van der Waals surface area contributed by atoms with Crippen LogP contribution < -0.4 is 5.32 Å². The molecule has 0 saturated carbocycles. The Kier molecular flexibility index (Phi) is 4.61. The van der Waals surface area contributed by atoms with Crippen LogP contribution >= 0.6 is 0 Å². The zero-order chi connectivity index (χ0) is 16.4. The van der Waals surface area contributed by atoms with Crippen LogP contribution in [0.15, 0.2) is 35.2 Å². The first-order chi connectivity index (χ1) is 10.3. The number of benzene rings is 2. The molecule has 0 fully saturated rings. The van der Waals surface area contributed by atoms with Crippen LogP contribution in [-0.4, -0.2) is 21.5 Å². The molecule has 2 aromatic rings. The van der Waals surface area contributed by atoms with Gasteiger partial charge >= 0.3 is 5.97 Å². The molecule has 4 nitrogen and oxygen atoms in total. The van der Waals surface area contributed by atoms with Gasteiger partial charge < -0.3 is 10.4 Å². The number of carboxylic acid groups (broad SMARTS) is 1. The molecular weight excluding hydrogens is 305 g/mol. The van der Waals surface area contributed by atoms with Crippen LogP contribution in [0.1, 0.15) is 21.5 Å². The minimum atomic E-state index is -1.12. The standard InChI is InChI=1S/C16H16FNO3S/c1-9-7-12(22(3)21)4-5-13(9)18-14-8-11(17)6-10(2)15(14)16(19)20/h4-8,18H,1-3H3,(H,19,20). The van der Waals surface area contributed by atoms with Crippen molar-refractivity contribution in [3.63, 3.8) is 0 Å². The first-order valence-electron chi connectivity index (χ1n) is 6.54. The molecule has 2 aromatic carbocycles. The lowest BCUT2D eigenvalue weighted by atomic mass is 10.1. The van der Waals surface area contributed by atoms with Gasteiger partial charge in [-0.1, -0.05) is 0 Å². The number of aryl methyl sites for hydroxylation is 2. The van der Waals surface area contributed by atoms with E-state index < -0.39 is 22.6 Å². The lowest BCUT2D eigenvalue weighted by molar-refractivity contribution is 0.0697. The Morgan fingerprint density at radius 2 is 1.82 bits per heavy atom. The van der Waals surface area contributed by atoms with Gasteiger partial charge in [-0.15, -0.1) is 0 Å². The number of halogens is 1. The Balaban J connectivity index is 2.47. The van der Waals surface area contributed by atoms with Gasteiger partial charge in [-0.2, -0.15) is 0 Å². The lowest BCUT2D eigenvalue weighted by Gasteiger charge is -2.14. The zero-order valence-corrected chi connectivity index (χ0v) is 13.3. The lowest BCUT2D eigenvalue weighted by Crippen LogP contribution is -2.07. The highest BCUT2D eigenvalue weighted by molar-refractivity contribution is 7.84. The van der Waals surface area contributed by atoms with Gasteiger partial charge in [0.1, 0.15) is 5.82 Å². The summed E-state index contributed by atoms with van der Waals surface area (Å²) in [7, 11) is -1.09. The van der Waals surface area contributed by atoms with Gasteiger partial charge in [0.15, 0.2) is 0 Å². The van der Waals surface area contributed by atoms with Gasteiger partial charge in [0.25, 0.3) is 0 Å². The van der Waals surface area contributed by atoms with E-state index >= 15 is 0 Å². The predicted molar refractivity (Wildman–Crippen MR) is 84.9 cm³/mol. The average molecular weight is 321 g/mol. The smallest absolute Gasteiger partial charge is 0.338 e. The van der Waals surface area contributed by atoms with Crippen molar-refractivity contribution in [1.29, 1.82) is 0 Å². The van der Waals surface area contributed by atoms with Crippen LogP contribution in [0.2, 0.25) is 0 Å². The molecular formula is C16H16FNO3S. The molecule has 0 aliphatic carbocycles. The molecule has 1 atom stereocenters. The van der Waals surface area contributed by atoms with E-state index in [2.05, 4.69) is 5.32 Å². The fourth-order valence-electron chi connectivity index (χ4n) is 2.23. The minimum Gasteiger partial charge on any atom is -0.478 e. The second-order valence-corrected chi connectivity index (χ2v) is 6.39. The quantitative estimate of drug-likeness (QED) is 0.902. The van der Waals surface area contributed by atoms with Gasteiger partial charge in [-0.25, -0.2) is 9.18 Å². The molecule has 22 heavy (non-hydrogen) atoms. The molecule has 6 heteroatoms. The van der Waals surface area contributed by atoms with E-state index in [1.54, 1.807) is 31.4 Å². The van der Waals surface area contributed by atoms with E-state index in [1.165, 1.54) is 6.07 Å². The summed E-state index contributed by atoms with van der Waals surface area (Å²) in [6, 6.07) is 7.49. The maximum atomic E-state index is 13.6. The number of rotatable bonds is 4. The van der Waals surface area contributed by atoms with Crippen LogP contribution in [0.5, 0.6) is 0 Å². The highest BCUT2D eigenvalue weighted by atomic mass is 32.2. The Morgan fingerprint density at radius 1 is 1.14 bits per heavy atom. The van der Waals surface area contributed by atoms with Gasteiger partial charge in [-0.3, -0.25) is 4.21 Å². The molecule has 2 N–H and O–H groups in total. The van der Waals surface area contributed by atoms with Crippen molar-refractivity contribution in [2.45, 2.75) is 18.7 Å². The van der Waals surface area contributed by atoms with Crippen molar-refractivity contribution >= 4 is 28.1 Å². The number of aromatic carboxylic acids is 1. The van der Waals surface area contributed by atoms with Crippen molar-refractivity contribution in [2.24, 2.45) is 0 Å². The summed E-state index contributed by atoms with van der Waals surface area (Å²) >= 11 is 0. The summed E-state index contributed by atoms with van der Waals surface area (Å²) in [5.74, 6) is -1.63. The van der Waals surface area contributed by atoms with Crippen LogP contribution in [-0.2, 0) is 10.8 Å². The molecule has 2 rings (SSSR count). The number of carboxylic acids is 1. The monoisotopic (exact) mass is 321 g/mol. The normalized spacial score (nSPS) is 12.0. The van der Waals surface area contributed by atoms with Crippen LogP contribution in [0.3, 0.4) is 0 Å². The number of hydrogen-bond donors (Lipinski definition) is 2. The summed E-state index contributed by atoms with van der Waals surface area (Å²) in [5.41, 5.74) is 2.01. The van der Waals surface area contributed by atoms with Gasteiger partial charge in [0.05, 0.1) is 11.3 Å². The zero-order valence-electron chi connectivity index (χ0n) is 12.4.